The van der Waals surface area contributed by atoms with Crippen LogP contribution in [0.4, 0.5) is 0 Å². The SMILES string of the molecule is CCOC(=O)C1=C(C)N=C(C)C(C(=O)OCC)C1c1cc2ccccc2s1. The summed E-state index contributed by atoms with van der Waals surface area (Å²) < 4.78 is 11.7. The van der Waals surface area contributed by atoms with Crippen molar-refractivity contribution in [1.82, 2.24) is 0 Å². The van der Waals surface area contributed by atoms with Crippen LogP contribution in [-0.2, 0) is 19.1 Å². The van der Waals surface area contributed by atoms with E-state index in [9.17, 15) is 9.59 Å². The van der Waals surface area contributed by atoms with Crippen molar-refractivity contribution in [3.05, 3.63) is 46.5 Å². The zero-order valence-electron chi connectivity index (χ0n) is 15.9. The highest BCUT2D eigenvalue weighted by molar-refractivity contribution is 7.19. The summed E-state index contributed by atoms with van der Waals surface area (Å²) in [6, 6.07) is 10.1. The Kier molecular flexibility index (Phi) is 5.75. The maximum atomic E-state index is 12.8. The average Bonchev–Trinajstić information content (AvgIpc) is 3.05. The lowest BCUT2D eigenvalue weighted by molar-refractivity contribution is -0.146. The van der Waals surface area contributed by atoms with Crippen molar-refractivity contribution >= 4 is 39.1 Å². The third-order valence-electron chi connectivity index (χ3n) is 4.62. The second-order valence-electron chi connectivity index (χ2n) is 6.37. The molecule has 0 saturated heterocycles. The van der Waals surface area contributed by atoms with Gasteiger partial charge in [0.25, 0.3) is 0 Å². The number of fused-ring (bicyclic) bond motifs is 1. The monoisotopic (exact) mass is 385 g/mol. The first kappa shape index (κ1) is 19.3. The second kappa shape index (κ2) is 8.05. The van der Waals surface area contributed by atoms with Crippen molar-refractivity contribution in [2.75, 3.05) is 13.2 Å². The zero-order valence-corrected chi connectivity index (χ0v) is 16.8. The highest BCUT2D eigenvalue weighted by Gasteiger charge is 2.43. The minimum absolute atomic E-state index is 0.265. The number of aliphatic imine (C=N–C) groups is 1. The Morgan fingerprint density at radius 1 is 1.11 bits per heavy atom. The fraction of sp³-hybridized carbons (Fsp3) is 0.381. The van der Waals surface area contributed by atoms with E-state index in [4.69, 9.17) is 9.47 Å². The molecule has 1 aliphatic rings. The average molecular weight is 385 g/mol. The van der Waals surface area contributed by atoms with Gasteiger partial charge in [-0.2, -0.15) is 0 Å². The number of carbonyl (C=O) groups excluding carboxylic acids is 2. The maximum absolute atomic E-state index is 12.8. The molecule has 2 heterocycles. The smallest absolute Gasteiger partial charge is 0.336 e. The van der Waals surface area contributed by atoms with Crippen molar-refractivity contribution < 1.29 is 19.1 Å². The van der Waals surface area contributed by atoms with Gasteiger partial charge in [0, 0.05) is 26.9 Å². The summed E-state index contributed by atoms with van der Waals surface area (Å²) in [4.78, 5) is 30.9. The number of nitrogens with zero attached hydrogens (tertiary/aromatic N) is 1. The van der Waals surface area contributed by atoms with Crippen LogP contribution >= 0.6 is 11.3 Å². The van der Waals surface area contributed by atoms with Crippen LogP contribution in [0.25, 0.3) is 10.1 Å². The number of ether oxygens (including phenoxy) is 2. The first-order chi connectivity index (χ1) is 13.0. The zero-order chi connectivity index (χ0) is 19.6. The number of esters is 2. The largest absolute Gasteiger partial charge is 0.465 e. The summed E-state index contributed by atoms with van der Waals surface area (Å²) >= 11 is 1.58. The van der Waals surface area contributed by atoms with Gasteiger partial charge >= 0.3 is 11.9 Å². The molecule has 142 valence electrons. The highest BCUT2D eigenvalue weighted by atomic mass is 32.1. The van der Waals surface area contributed by atoms with Crippen LogP contribution in [0.15, 0.2) is 46.6 Å². The molecule has 0 aliphatic carbocycles. The van der Waals surface area contributed by atoms with Crippen molar-refractivity contribution in [3.8, 4) is 0 Å². The van der Waals surface area contributed by atoms with Gasteiger partial charge in [0.2, 0.25) is 0 Å². The molecule has 0 radical (unpaired) electrons. The summed E-state index contributed by atoms with van der Waals surface area (Å²) in [5.41, 5.74) is 1.68. The molecule has 0 bridgehead atoms. The Balaban J connectivity index is 2.18. The molecule has 27 heavy (non-hydrogen) atoms. The fourth-order valence-electron chi connectivity index (χ4n) is 3.51. The molecule has 1 aliphatic heterocycles. The van der Waals surface area contributed by atoms with Crippen molar-refractivity contribution in [1.29, 1.82) is 0 Å². The van der Waals surface area contributed by atoms with E-state index in [1.807, 2.05) is 37.3 Å². The molecule has 0 N–H and O–H groups in total. The molecule has 6 heteroatoms. The minimum Gasteiger partial charge on any atom is -0.465 e. The summed E-state index contributed by atoms with van der Waals surface area (Å²) in [5.74, 6) is -1.89. The molecule has 5 nitrogen and oxygen atoms in total. The first-order valence-corrected chi connectivity index (χ1v) is 9.87. The molecule has 1 aromatic heterocycles. The molecule has 2 unspecified atom stereocenters. The van der Waals surface area contributed by atoms with Crippen LogP contribution in [0.2, 0.25) is 0 Å². The lowest BCUT2D eigenvalue weighted by Crippen LogP contribution is -2.36. The van der Waals surface area contributed by atoms with E-state index < -0.39 is 17.8 Å². The second-order valence-corrected chi connectivity index (χ2v) is 7.48. The Hall–Kier alpha value is -2.47. The van der Waals surface area contributed by atoms with E-state index in [2.05, 4.69) is 4.99 Å². The topological polar surface area (TPSA) is 65.0 Å². The van der Waals surface area contributed by atoms with E-state index in [0.29, 0.717) is 17.0 Å². The van der Waals surface area contributed by atoms with Gasteiger partial charge in [-0.1, -0.05) is 18.2 Å². The Morgan fingerprint density at radius 2 is 1.81 bits per heavy atom. The third-order valence-corrected chi connectivity index (χ3v) is 5.81. The molecule has 0 fully saturated rings. The van der Waals surface area contributed by atoms with Crippen molar-refractivity contribution in [2.45, 2.75) is 33.6 Å². The number of carbonyl (C=O) groups is 2. The summed E-state index contributed by atoms with van der Waals surface area (Å²) in [7, 11) is 0. The predicted octanol–water partition coefficient (Wildman–Crippen LogP) is 4.48. The summed E-state index contributed by atoms with van der Waals surface area (Å²) in [6.07, 6.45) is 0. The molecule has 0 amide bonds. The van der Waals surface area contributed by atoms with Gasteiger partial charge in [-0.3, -0.25) is 9.79 Å². The van der Waals surface area contributed by atoms with E-state index in [1.165, 1.54) is 0 Å². The van der Waals surface area contributed by atoms with E-state index >= 15 is 0 Å². The summed E-state index contributed by atoms with van der Waals surface area (Å²) in [5, 5.41) is 1.08. The standard InChI is InChI=1S/C21H23NO4S/c1-5-25-20(23)17-12(3)22-13(4)18(21(24)26-6-2)19(17)16-11-14-9-7-8-10-15(14)27-16/h7-11,17,19H,5-6H2,1-4H3. The van der Waals surface area contributed by atoms with E-state index in [-0.39, 0.29) is 19.2 Å². The minimum atomic E-state index is -0.638. The lowest BCUT2D eigenvalue weighted by atomic mass is 9.78. The third kappa shape index (κ3) is 3.67. The molecule has 2 aromatic rings. The molecule has 0 saturated carbocycles. The van der Waals surface area contributed by atoms with Crippen LogP contribution < -0.4 is 0 Å². The molecule has 3 rings (SSSR count). The Labute approximate surface area is 162 Å². The van der Waals surface area contributed by atoms with E-state index in [0.717, 1.165) is 15.0 Å². The van der Waals surface area contributed by atoms with Crippen molar-refractivity contribution in [2.24, 2.45) is 10.9 Å². The quantitative estimate of drug-likeness (QED) is 0.712. The van der Waals surface area contributed by atoms with Crippen LogP contribution in [0, 0.1) is 5.92 Å². The Morgan fingerprint density at radius 3 is 2.48 bits per heavy atom. The predicted molar refractivity (Wildman–Crippen MR) is 107 cm³/mol. The van der Waals surface area contributed by atoms with Crippen molar-refractivity contribution in [3.63, 3.8) is 0 Å². The molecule has 0 spiro atoms. The van der Waals surface area contributed by atoms with Gasteiger partial charge in [-0.05, 0) is 45.2 Å². The van der Waals surface area contributed by atoms with Crippen LogP contribution in [0.5, 0.6) is 0 Å². The molecular weight excluding hydrogens is 362 g/mol. The van der Waals surface area contributed by atoms with Gasteiger partial charge in [-0.15, -0.1) is 11.3 Å². The number of hydrogen-bond acceptors (Lipinski definition) is 6. The fourth-order valence-corrected chi connectivity index (χ4v) is 4.72. The molecular formula is C21H23NO4S. The van der Waals surface area contributed by atoms with Gasteiger partial charge in [0.15, 0.2) is 0 Å². The lowest BCUT2D eigenvalue weighted by Gasteiger charge is -2.30. The normalized spacial score (nSPS) is 19.8. The van der Waals surface area contributed by atoms with Crippen LogP contribution in [0.3, 0.4) is 0 Å². The first-order valence-electron chi connectivity index (χ1n) is 9.06. The van der Waals surface area contributed by atoms with Gasteiger partial charge < -0.3 is 9.47 Å². The van der Waals surface area contributed by atoms with E-state index in [1.54, 1.807) is 32.1 Å². The van der Waals surface area contributed by atoms with Crippen LogP contribution in [0.1, 0.15) is 38.5 Å². The van der Waals surface area contributed by atoms with Crippen LogP contribution in [-0.4, -0.2) is 30.9 Å². The summed E-state index contributed by atoms with van der Waals surface area (Å²) in [6.45, 7) is 7.68. The number of hydrogen-bond donors (Lipinski definition) is 0. The molecule has 1 aromatic carbocycles. The maximum Gasteiger partial charge on any atom is 0.336 e. The van der Waals surface area contributed by atoms with Gasteiger partial charge in [0.1, 0.15) is 5.92 Å². The number of rotatable bonds is 5. The number of thiophene rings is 1. The number of benzene rings is 1. The number of allylic oxidation sites excluding steroid dienone is 1. The molecule has 2 atom stereocenters. The van der Waals surface area contributed by atoms with Gasteiger partial charge in [0.05, 0.1) is 18.8 Å². The highest BCUT2D eigenvalue weighted by Crippen LogP contribution is 2.44. The Bertz CT molecular complexity index is 908. The van der Waals surface area contributed by atoms with Gasteiger partial charge in [-0.25, -0.2) is 4.79 Å².